The van der Waals surface area contributed by atoms with Crippen molar-refractivity contribution in [1.29, 1.82) is 0 Å². The molecule has 0 bridgehead atoms. The number of nitrogens with zero attached hydrogens (tertiary/aromatic N) is 1. The van der Waals surface area contributed by atoms with Crippen LogP contribution in [0.2, 0.25) is 0 Å². The zero-order chi connectivity index (χ0) is 15.4. The summed E-state index contributed by atoms with van der Waals surface area (Å²) in [5, 5.41) is 11.9. The van der Waals surface area contributed by atoms with Crippen LogP contribution in [0.3, 0.4) is 0 Å². The van der Waals surface area contributed by atoms with E-state index in [0.717, 1.165) is 6.54 Å². The Hall–Kier alpha value is -1.56. The molecule has 0 spiro atoms. The third-order valence-corrected chi connectivity index (χ3v) is 4.32. The fraction of sp³-hybridized carbons (Fsp3) is 0.467. The molecule has 0 aromatic heterocycles. The number of aromatic carboxylic acids is 1. The van der Waals surface area contributed by atoms with Gasteiger partial charge in [0.05, 0.1) is 11.3 Å². The lowest BCUT2D eigenvalue weighted by atomic mass is 9.85. The first-order valence-corrected chi connectivity index (χ1v) is 7.89. The predicted molar refractivity (Wildman–Crippen MR) is 84.7 cm³/mol. The van der Waals surface area contributed by atoms with Crippen LogP contribution >= 0.6 is 15.9 Å². The van der Waals surface area contributed by atoms with Crippen molar-refractivity contribution in [2.24, 2.45) is 5.92 Å². The molecule has 2 amide bonds. The van der Waals surface area contributed by atoms with Gasteiger partial charge in [0.1, 0.15) is 0 Å². The van der Waals surface area contributed by atoms with Gasteiger partial charge in [0.25, 0.3) is 0 Å². The average molecular weight is 355 g/mol. The van der Waals surface area contributed by atoms with Crippen molar-refractivity contribution in [2.45, 2.75) is 26.2 Å². The molecule has 0 atom stereocenters. The van der Waals surface area contributed by atoms with Crippen LogP contribution < -0.4 is 5.32 Å². The first-order valence-electron chi connectivity index (χ1n) is 7.10. The van der Waals surface area contributed by atoms with Crippen molar-refractivity contribution < 1.29 is 14.7 Å². The molecule has 114 valence electrons. The molecule has 0 heterocycles. The second-order valence-electron chi connectivity index (χ2n) is 5.26. The van der Waals surface area contributed by atoms with E-state index in [2.05, 4.69) is 21.2 Å². The number of halogens is 1. The maximum atomic E-state index is 12.3. The van der Waals surface area contributed by atoms with Crippen molar-refractivity contribution in [3.63, 3.8) is 0 Å². The fourth-order valence-corrected chi connectivity index (χ4v) is 2.70. The monoisotopic (exact) mass is 354 g/mol. The smallest absolute Gasteiger partial charge is 0.337 e. The molecule has 21 heavy (non-hydrogen) atoms. The van der Waals surface area contributed by atoms with E-state index in [1.165, 1.54) is 25.3 Å². The fourth-order valence-electron chi connectivity index (χ4n) is 2.34. The van der Waals surface area contributed by atoms with Gasteiger partial charge in [0, 0.05) is 17.6 Å². The molecule has 1 aliphatic carbocycles. The van der Waals surface area contributed by atoms with Crippen LogP contribution in [-0.2, 0) is 0 Å². The molecule has 1 aromatic carbocycles. The Morgan fingerprint density at radius 2 is 2.14 bits per heavy atom. The molecular weight excluding hydrogens is 336 g/mol. The molecule has 0 aliphatic heterocycles. The highest BCUT2D eigenvalue weighted by atomic mass is 79.9. The maximum absolute atomic E-state index is 12.3. The minimum Gasteiger partial charge on any atom is -0.478 e. The van der Waals surface area contributed by atoms with Crippen LogP contribution in [0.15, 0.2) is 22.7 Å². The van der Waals surface area contributed by atoms with Crippen LogP contribution in [0, 0.1) is 5.92 Å². The Morgan fingerprint density at radius 1 is 1.43 bits per heavy atom. The Morgan fingerprint density at radius 3 is 2.67 bits per heavy atom. The second-order valence-corrected chi connectivity index (χ2v) is 6.18. The zero-order valence-electron chi connectivity index (χ0n) is 11.9. The van der Waals surface area contributed by atoms with E-state index in [1.807, 2.05) is 6.92 Å². The Kier molecular flexibility index (Phi) is 5.22. The summed E-state index contributed by atoms with van der Waals surface area (Å²) < 4.78 is 0.666. The van der Waals surface area contributed by atoms with Gasteiger partial charge >= 0.3 is 12.0 Å². The minimum absolute atomic E-state index is 0.0809. The number of urea groups is 1. The second kappa shape index (κ2) is 6.93. The van der Waals surface area contributed by atoms with Crippen molar-refractivity contribution in [3.05, 3.63) is 28.2 Å². The summed E-state index contributed by atoms with van der Waals surface area (Å²) in [6.45, 7) is 3.28. The van der Waals surface area contributed by atoms with Crippen molar-refractivity contribution >= 4 is 33.6 Å². The van der Waals surface area contributed by atoms with E-state index in [9.17, 15) is 14.7 Å². The zero-order valence-corrected chi connectivity index (χ0v) is 13.5. The lowest BCUT2D eigenvalue weighted by molar-refractivity contribution is 0.0698. The van der Waals surface area contributed by atoms with E-state index < -0.39 is 5.97 Å². The lowest BCUT2D eigenvalue weighted by Crippen LogP contribution is -2.40. The van der Waals surface area contributed by atoms with Gasteiger partial charge in [-0.3, -0.25) is 0 Å². The third kappa shape index (κ3) is 3.97. The van der Waals surface area contributed by atoms with E-state index in [4.69, 9.17) is 0 Å². The summed E-state index contributed by atoms with van der Waals surface area (Å²) >= 11 is 3.24. The number of carbonyl (C=O) groups excluding carboxylic acids is 1. The molecule has 1 saturated carbocycles. The number of hydrogen-bond donors (Lipinski definition) is 2. The summed E-state index contributed by atoms with van der Waals surface area (Å²) in [7, 11) is 0. The SMILES string of the molecule is CCN(CC1CCC1)C(=O)Nc1ccc(Br)cc1C(=O)O. The number of nitrogens with one attached hydrogen (secondary N) is 1. The highest BCUT2D eigenvalue weighted by Crippen LogP contribution is 2.27. The van der Waals surface area contributed by atoms with Gasteiger partial charge < -0.3 is 15.3 Å². The van der Waals surface area contributed by atoms with Crippen molar-refractivity contribution in [1.82, 2.24) is 4.90 Å². The van der Waals surface area contributed by atoms with Crippen molar-refractivity contribution in [2.75, 3.05) is 18.4 Å². The number of hydrogen-bond acceptors (Lipinski definition) is 2. The molecule has 1 fully saturated rings. The minimum atomic E-state index is -1.06. The van der Waals surface area contributed by atoms with Crippen LogP contribution in [0.1, 0.15) is 36.5 Å². The van der Waals surface area contributed by atoms with Crippen LogP contribution in [0.25, 0.3) is 0 Å². The van der Waals surface area contributed by atoms with Crippen LogP contribution in [0.5, 0.6) is 0 Å². The quantitative estimate of drug-likeness (QED) is 0.844. The summed E-state index contributed by atoms with van der Waals surface area (Å²) in [4.78, 5) is 25.3. The summed E-state index contributed by atoms with van der Waals surface area (Å²) in [6.07, 6.45) is 3.57. The standard InChI is InChI=1S/C15H19BrN2O3/c1-2-18(9-10-4-3-5-10)15(21)17-13-7-6-11(16)8-12(13)14(19)20/h6-8,10H,2-5,9H2,1H3,(H,17,21)(H,19,20). The average Bonchev–Trinajstić information content (AvgIpc) is 2.39. The van der Waals surface area contributed by atoms with Gasteiger partial charge in [0.2, 0.25) is 0 Å². The Bertz CT molecular complexity index is 544. The van der Waals surface area contributed by atoms with Gasteiger partial charge in [-0.15, -0.1) is 0 Å². The van der Waals surface area contributed by atoms with Crippen LogP contribution in [-0.4, -0.2) is 35.1 Å². The number of amides is 2. The maximum Gasteiger partial charge on any atom is 0.337 e. The molecule has 6 heteroatoms. The van der Waals surface area contributed by atoms with Crippen LogP contribution in [0.4, 0.5) is 10.5 Å². The number of benzene rings is 1. The van der Waals surface area contributed by atoms with Gasteiger partial charge in [-0.05, 0) is 43.9 Å². The first kappa shape index (κ1) is 15.8. The molecule has 0 radical (unpaired) electrons. The lowest BCUT2D eigenvalue weighted by Gasteiger charge is -2.31. The van der Waals surface area contributed by atoms with Gasteiger partial charge in [0.15, 0.2) is 0 Å². The summed E-state index contributed by atoms with van der Waals surface area (Å²) in [5.41, 5.74) is 0.403. The molecule has 0 saturated heterocycles. The van der Waals surface area contributed by atoms with E-state index in [1.54, 1.807) is 17.0 Å². The predicted octanol–water partition coefficient (Wildman–Crippen LogP) is 3.80. The van der Waals surface area contributed by atoms with E-state index in [-0.39, 0.29) is 11.6 Å². The molecule has 1 aromatic rings. The number of carbonyl (C=O) groups is 2. The number of anilines is 1. The topological polar surface area (TPSA) is 69.6 Å². The summed E-state index contributed by atoms with van der Waals surface area (Å²) in [5.74, 6) is -0.479. The summed E-state index contributed by atoms with van der Waals surface area (Å²) in [6, 6.07) is 4.56. The Labute approximate surface area is 132 Å². The van der Waals surface area contributed by atoms with E-state index in [0.29, 0.717) is 22.6 Å². The van der Waals surface area contributed by atoms with Gasteiger partial charge in [-0.25, -0.2) is 9.59 Å². The molecular formula is C15H19BrN2O3. The third-order valence-electron chi connectivity index (χ3n) is 3.83. The molecule has 2 rings (SSSR count). The first-order chi connectivity index (χ1) is 10.0. The highest BCUT2D eigenvalue weighted by Gasteiger charge is 2.23. The largest absolute Gasteiger partial charge is 0.478 e. The number of carboxylic acid groups (broad SMARTS) is 1. The molecule has 0 unspecified atom stereocenters. The van der Waals surface area contributed by atoms with E-state index >= 15 is 0 Å². The molecule has 5 nitrogen and oxygen atoms in total. The van der Waals surface area contributed by atoms with Gasteiger partial charge in [-0.2, -0.15) is 0 Å². The number of rotatable bonds is 5. The number of carboxylic acids is 1. The molecule has 2 N–H and O–H groups in total. The Balaban J connectivity index is 2.08. The normalized spacial score (nSPS) is 14.4. The molecule has 1 aliphatic rings. The van der Waals surface area contributed by atoms with Crippen molar-refractivity contribution in [3.8, 4) is 0 Å². The van der Waals surface area contributed by atoms with Gasteiger partial charge in [-0.1, -0.05) is 22.4 Å². The highest BCUT2D eigenvalue weighted by molar-refractivity contribution is 9.10.